The first kappa shape index (κ1) is 15.7. The van der Waals surface area contributed by atoms with Gasteiger partial charge in [0.25, 0.3) is 0 Å². The monoisotopic (exact) mass is 295 g/mol. The van der Waals surface area contributed by atoms with Crippen molar-refractivity contribution >= 4 is 11.8 Å². The molecule has 4 nitrogen and oxygen atoms in total. The largest absolute Gasteiger partial charge is 0.383 e. The van der Waals surface area contributed by atoms with E-state index in [1.807, 2.05) is 11.8 Å². The predicted octanol–water partition coefficient (Wildman–Crippen LogP) is 2.07. The molecule has 1 aromatic heterocycles. The summed E-state index contributed by atoms with van der Waals surface area (Å²) >= 11 is 1.88. The zero-order valence-electron chi connectivity index (χ0n) is 12.5. The number of nitrogens with one attached hydrogen (secondary N) is 1. The number of hydrogen-bond acceptors (Lipinski definition) is 5. The van der Waals surface area contributed by atoms with E-state index in [1.54, 1.807) is 7.11 Å². The normalized spacial score (nSPS) is 18.0. The van der Waals surface area contributed by atoms with Crippen molar-refractivity contribution in [2.24, 2.45) is 5.92 Å². The summed E-state index contributed by atoms with van der Waals surface area (Å²) in [6.07, 6.45) is 5.48. The van der Waals surface area contributed by atoms with Gasteiger partial charge in [-0.25, -0.2) is 9.97 Å². The van der Waals surface area contributed by atoms with E-state index in [4.69, 9.17) is 9.72 Å². The molecule has 0 aromatic carbocycles. The molecule has 5 heteroatoms. The third-order valence-electron chi connectivity index (χ3n) is 3.65. The standard InChI is InChI=1S/C15H25N3OS/c1-3-20-11-15-17-10-13-8-12(4-5-14(13)18-15)9-16-6-7-19-2/h10,12,16H,3-9,11H2,1-2H3. The third kappa shape index (κ3) is 4.72. The van der Waals surface area contributed by atoms with Crippen molar-refractivity contribution in [3.63, 3.8) is 0 Å². The van der Waals surface area contributed by atoms with Crippen LogP contribution in [0.3, 0.4) is 0 Å². The zero-order chi connectivity index (χ0) is 14.2. The van der Waals surface area contributed by atoms with Crippen LogP contribution >= 0.6 is 11.8 Å². The van der Waals surface area contributed by atoms with Crippen LogP contribution in [-0.4, -0.2) is 42.5 Å². The van der Waals surface area contributed by atoms with E-state index in [0.29, 0.717) is 5.92 Å². The van der Waals surface area contributed by atoms with Gasteiger partial charge in [-0.2, -0.15) is 11.8 Å². The van der Waals surface area contributed by atoms with Gasteiger partial charge < -0.3 is 10.1 Å². The summed E-state index contributed by atoms with van der Waals surface area (Å²) in [6, 6.07) is 0. The van der Waals surface area contributed by atoms with Gasteiger partial charge in [0.05, 0.1) is 12.4 Å². The first-order chi connectivity index (χ1) is 9.83. The molecule has 0 bridgehead atoms. The van der Waals surface area contributed by atoms with Gasteiger partial charge in [0.2, 0.25) is 0 Å². The van der Waals surface area contributed by atoms with Crippen molar-refractivity contribution in [2.75, 3.05) is 32.6 Å². The van der Waals surface area contributed by atoms with Gasteiger partial charge in [-0.15, -0.1) is 0 Å². The lowest BCUT2D eigenvalue weighted by atomic mass is 9.87. The average Bonchev–Trinajstić information content (AvgIpc) is 2.49. The molecular formula is C15H25N3OS. The van der Waals surface area contributed by atoms with Crippen LogP contribution in [0.25, 0.3) is 0 Å². The number of aromatic nitrogens is 2. The van der Waals surface area contributed by atoms with Crippen LogP contribution in [0.4, 0.5) is 0 Å². The van der Waals surface area contributed by atoms with Crippen LogP contribution in [0, 0.1) is 5.92 Å². The molecule has 20 heavy (non-hydrogen) atoms. The number of fused-ring (bicyclic) bond motifs is 1. The Morgan fingerprint density at radius 2 is 2.40 bits per heavy atom. The van der Waals surface area contributed by atoms with Gasteiger partial charge in [-0.3, -0.25) is 0 Å². The molecule has 0 saturated carbocycles. The number of hydrogen-bond donors (Lipinski definition) is 1. The highest BCUT2D eigenvalue weighted by Crippen LogP contribution is 2.24. The Balaban J connectivity index is 1.84. The molecule has 0 spiro atoms. The Labute approximate surface area is 126 Å². The lowest BCUT2D eigenvalue weighted by Crippen LogP contribution is -2.30. The van der Waals surface area contributed by atoms with Crippen molar-refractivity contribution in [3.8, 4) is 0 Å². The maximum absolute atomic E-state index is 5.05. The molecule has 1 aliphatic rings. The minimum Gasteiger partial charge on any atom is -0.383 e. The smallest absolute Gasteiger partial charge is 0.138 e. The van der Waals surface area contributed by atoms with Crippen molar-refractivity contribution in [1.29, 1.82) is 0 Å². The molecule has 2 rings (SSSR count). The molecule has 1 unspecified atom stereocenters. The molecule has 0 aliphatic heterocycles. The fourth-order valence-electron chi connectivity index (χ4n) is 2.54. The number of aryl methyl sites for hydroxylation is 1. The van der Waals surface area contributed by atoms with Gasteiger partial charge in [0.15, 0.2) is 0 Å². The highest BCUT2D eigenvalue weighted by Gasteiger charge is 2.20. The molecule has 112 valence electrons. The van der Waals surface area contributed by atoms with Crippen LogP contribution in [-0.2, 0) is 23.3 Å². The maximum Gasteiger partial charge on any atom is 0.138 e. The van der Waals surface area contributed by atoms with E-state index >= 15 is 0 Å². The third-order valence-corrected chi connectivity index (χ3v) is 4.52. The molecule has 1 aromatic rings. The summed E-state index contributed by atoms with van der Waals surface area (Å²) in [5, 5.41) is 3.46. The lowest BCUT2D eigenvalue weighted by Gasteiger charge is -2.24. The van der Waals surface area contributed by atoms with Crippen LogP contribution in [0.15, 0.2) is 6.20 Å². The number of thioether (sulfide) groups is 1. The SMILES string of the molecule is CCSCc1ncc2c(n1)CCC(CNCCOC)C2. The van der Waals surface area contributed by atoms with Gasteiger partial charge in [0.1, 0.15) is 5.82 Å². The number of nitrogens with zero attached hydrogens (tertiary/aromatic N) is 2. The highest BCUT2D eigenvalue weighted by molar-refractivity contribution is 7.98. The van der Waals surface area contributed by atoms with Gasteiger partial charge in [0, 0.05) is 25.5 Å². The van der Waals surface area contributed by atoms with Crippen LogP contribution in [0.1, 0.15) is 30.4 Å². The Bertz CT molecular complexity index is 414. The minimum absolute atomic E-state index is 0.707. The Morgan fingerprint density at radius 3 is 3.20 bits per heavy atom. The van der Waals surface area contributed by atoms with E-state index in [2.05, 4.69) is 23.4 Å². The molecule has 1 atom stereocenters. The van der Waals surface area contributed by atoms with Crippen LogP contribution < -0.4 is 5.32 Å². The molecule has 0 amide bonds. The zero-order valence-corrected chi connectivity index (χ0v) is 13.3. The second-order valence-corrected chi connectivity index (χ2v) is 6.48. The second kappa shape index (κ2) is 8.60. The number of methoxy groups -OCH3 is 1. The van der Waals surface area contributed by atoms with E-state index in [-0.39, 0.29) is 0 Å². The summed E-state index contributed by atoms with van der Waals surface area (Å²) in [5.74, 6) is 3.76. The summed E-state index contributed by atoms with van der Waals surface area (Å²) in [4.78, 5) is 9.22. The Morgan fingerprint density at radius 1 is 1.50 bits per heavy atom. The molecule has 0 radical (unpaired) electrons. The second-order valence-electron chi connectivity index (χ2n) is 5.20. The van der Waals surface area contributed by atoms with Gasteiger partial charge >= 0.3 is 0 Å². The molecule has 0 fully saturated rings. The fourth-order valence-corrected chi connectivity index (χ4v) is 3.07. The average molecular weight is 295 g/mol. The van der Waals surface area contributed by atoms with Gasteiger partial charge in [-0.05, 0) is 43.0 Å². The summed E-state index contributed by atoms with van der Waals surface area (Å²) < 4.78 is 5.05. The van der Waals surface area contributed by atoms with E-state index < -0.39 is 0 Å². The first-order valence-corrected chi connectivity index (χ1v) is 8.60. The van der Waals surface area contributed by atoms with E-state index in [1.165, 1.54) is 17.7 Å². The van der Waals surface area contributed by atoms with Gasteiger partial charge in [-0.1, -0.05) is 6.92 Å². The minimum atomic E-state index is 0.707. The Kier molecular flexibility index (Phi) is 6.76. The fraction of sp³-hybridized carbons (Fsp3) is 0.733. The summed E-state index contributed by atoms with van der Waals surface area (Å²) in [5.41, 5.74) is 2.62. The molecule has 1 aliphatic carbocycles. The summed E-state index contributed by atoms with van der Waals surface area (Å²) in [7, 11) is 1.74. The van der Waals surface area contributed by atoms with Crippen molar-refractivity contribution in [1.82, 2.24) is 15.3 Å². The number of ether oxygens (including phenoxy) is 1. The predicted molar refractivity (Wildman–Crippen MR) is 84.1 cm³/mol. The van der Waals surface area contributed by atoms with Crippen LogP contribution in [0.5, 0.6) is 0 Å². The van der Waals surface area contributed by atoms with Crippen molar-refractivity contribution < 1.29 is 4.74 Å². The number of rotatable bonds is 8. The maximum atomic E-state index is 5.05. The Hall–Kier alpha value is -0.650. The molecule has 1 N–H and O–H groups in total. The molecule has 0 saturated heterocycles. The quantitative estimate of drug-likeness (QED) is 0.744. The van der Waals surface area contributed by atoms with E-state index in [9.17, 15) is 0 Å². The topological polar surface area (TPSA) is 47.0 Å². The molecular weight excluding hydrogens is 270 g/mol. The van der Waals surface area contributed by atoms with Crippen LogP contribution in [0.2, 0.25) is 0 Å². The lowest BCUT2D eigenvalue weighted by molar-refractivity contribution is 0.197. The first-order valence-electron chi connectivity index (χ1n) is 7.44. The van der Waals surface area contributed by atoms with Crippen molar-refractivity contribution in [3.05, 3.63) is 23.3 Å². The van der Waals surface area contributed by atoms with Crippen molar-refractivity contribution in [2.45, 2.75) is 31.9 Å². The summed E-state index contributed by atoms with van der Waals surface area (Å²) in [6.45, 7) is 4.95. The molecule has 1 heterocycles. The van der Waals surface area contributed by atoms with E-state index in [0.717, 1.165) is 49.9 Å². The highest BCUT2D eigenvalue weighted by atomic mass is 32.2.